The van der Waals surface area contributed by atoms with Gasteiger partial charge in [0.15, 0.2) is 47.1 Å². The molecule has 0 radical (unpaired) electrons. The van der Waals surface area contributed by atoms with E-state index in [1.165, 1.54) is 17.2 Å². The maximum Gasteiger partial charge on any atom is 0.386 e. The molecule has 10 atom stereocenters. The van der Waals surface area contributed by atoms with Gasteiger partial charge < -0.3 is 38.9 Å². The lowest BCUT2D eigenvalue weighted by atomic mass is 10.1. The van der Waals surface area contributed by atoms with Crippen LogP contribution in [0.3, 0.4) is 0 Å². The Balaban J connectivity index is 1.20. The summed E-state index contributed by atoms with van der Waals surface area (Å²) in [5, 5.41) is 13.8. The monoisotopic (exact) mass is 738 g/mol. The second-order valence-corrected chi connectivity index (χ2v) is 16.3. The van der Waals surface area contributed by atoms with Gasteiger partial charge in [-0.2, -0.15) is 0 Å². The fourth-order valence-electron chi connectivity index (χ4n) is 5.65. The molecule has 18 nitrogen and oxygen atoms in total. The second kappa shape index (κ2) is 12.5. The van der Waals surface area contributed by atoms with Crippen molar-refractivity contribution in [2.24, 2.45) is 0 Å². The molecule has 3 aliphatic heterocycles. The lowest BCUT2D eigenvalue weighted by Crippen LogP contribution is -2.35. The number of hydrogen-bond donors (Lipinski definition) is 5. The van der Waals surface area contributed by atoms with E-state index in [1.807, 2.05) is 6.92 Å². The third-order valence-corrected chi connectivity index (χ3v) is 10.9. The Morgan fingerprint density at radius 3 is 2.66 bits per heavy atom. The van der Waals surface area contributed by atoms with Crippen LogP contribution >= 0.6 is 25.8 Å². The summed E-state index contributed by atoms with van der Waals surface area (Å²) in [6.07, 6.45) is -7.98. The zero-order valence-corrected chi connectivity index (χ0v) is 27.4. The summed E-state index contributed by atoms with van der Waals surface area (Å²) in [7, 11) is 0. The summed E-state index contributed by atoms with van der Waals surface area (Å²) in [5.41, 5.74) is -0.394. The number of thiol groups is 1. The first-order valence-electron chi connectivity index (χ1n) is 14.0. The SMILES string of the molecule is CCNc1ncnc2c1ncn2[C@@H]1O[C@@H]2COP(O)(=S)O[C@@H]3[C@H](O)[C@@H](COP(=O)(S)O[C@H]2[C@H]1F)O[C@H]3n1cc(F)c2c(=O)[nH]cnc21. The highest BCUT2D eigenvalue weighted by molar-refractivity contribution is 8.44. The van der Waals surface area contributed by atoms with Gasteiger partial charge in [0.05, 0.1) is 25.9 Å². The van der Waals surface area contributed by atoms with Crippen LogP contribution in [0.1, 0.15) is 19.4 Å². The molecule has 0 spiro atoms. The van der Waals surface area contributed by atoms with Crippen LogP contribution in [-0.2, 0) is 43.9 Å². The van der Waals surface area contributed by atoms with Crippen LogP contribution in [0.15, 0.2) is 30.0 Å². The number of aromatic nitrogens is 7. The molecule has 0 saturated carbocycles. The quantitative estimate of drug-likeness (QED) is 0.149. The van der Waals surface area contributed by atoms with Gasteiger partial charge in [0.1, 0.15) is 42.2 Å². The third kappa shape index (κ3) is 6.04. The van der Waals surface area contributed by atoms with E-state index >= 15 is 4.39 Å². The number of aliphatic hydroxyl groups excluding tert-OH is 1. The highest BCUT2D eigenvalue weighted by Gasteiger charge is 2.53. The van der Waals surface area contributed by atoms with Crippen molar-refractivity contribution in [2.75, 3.05) is 25.1 Å². The van der Waals surface area contributed by atoms with Crippen LogP contribution in [0.25, 0.3) is 22.2 Å². The molecule has 0 aliphatic carbocycles. The summed E-state index contributed by atoms with van der Waals surface area (Å²) in [6, 6.07) is 0. The third-order valence-electron chi connectivity index (χ3n) is 7.71. The van der Waals surface area contributed by atoms with Crippen LogP contribution in [0.4, 0.5) is 14.6 Å². The van der Waals surface area contributed by atoms with Crippen molar-refractivity contribution < 1.29 is 50.9 Å². The Hall–Kier alpha value is -2.46. The topological polar surface area (TPSA) is 219 Å². The lowest BCUT2D eigenvalue weighted by molar-refractivity contribution is -0.0586. The first-order chi connectivity index (χ1) is 22.4. The van der Waals surface area contributed by atoms with Crippen LogP contribution < -0.4 is 10.9 Å². The number of rotatable bonds is 4. The molecule has 4 N–H and O–H groups in total. The maximum atomic E-state index is 16.2. The molecule has 3 aliphatic rings. The minimum Gasteiger partial charge on any atom is -0.387 e. The largest absolute Gasteiger partial charge is 0.387 e. The summed E-state index contributed by atoms with van der Waals surface area (Å²) in [5.74, 6) is -0.545. The molecule has 4 aromatic rings. The van der Waals surface area contributed by atoms with Crippen molar-refractivity contribution >= 4 is 65.6 Å². The van der Waals surface area contributed by atoms with Crippen molar-refractivity contribution in [3.8, 4) is 0 Å². The molecule has 24 heteroatoms. The smallest absolute Gasteiger partial charge is 0.386 e. The molecule has 2 unspecified atom stereocenters. The van der Waals surface area contributed by atoms with E-state index in [1.54, 1.807) is 0 Å². The fraction of sp³-hybridized carbons (Fsp3) is 0.522. The number of H-pyrrole nitrogens is 1. The van der Waals surface area contributed by atoms with E-state index < -0.39 is 92.6 Å². The van der Waals surface area contributed by atoms with E-state index in [9.17, 15) is 23.7 Å². The van der Waals surface area contributed by atoms with Crippen LogP contribution in [0.5, 0.6) is 0 Å². The molecule has 4 aromatic heterocycles. The van der Waals surface area contributed by atoms with Gasteiger partial charge in [-0.15, -0.1) is 0 Å². The van der Waals surface area contributed by atoms with Crippen LogP contribution in [0.2, 0.25) is 0 Å². The summed E-state index contributed by atoms with van der Waals surface area (Å²) in [4.78, 5) is 42.2. The van der Waals surface area contributed by atoms with Crippen molar-refractivity contribution in [2.45, 2.75) is 56.1 Å². The van der Waals surface area contributed by atoms with Crippen molar-refractivity contribution in [3.63, 3.8) is 0 Å². The molecule has 254 valence electrons. The number of nitrogens with one attached hydrogen (secondary N) is 2. The molecule has 7 heterocycles. The molecule has 2 bridgehead atoms. The van der Waals surface area contributed by atoms with Gasteiger partial charge in [0.2, 0.25) is 0 Å². The number of alkyl halides is 1. The highest BCUT2D eigenvalue weighted by Crippen LogP contribution is 2.58. The van der Waals surface area contributed by atoms with Gasteiger partial charge in [-0.3, -0.25) is 22.9 Å². The molecule has 7 rings (SSSR count). The van der Waals surface area contributed by atoms with Crippen LogP contribution in [0, 0.1) is 5.82 Å². The normalized spacial score (nSPS) is 36.6. The number of aromatic amines is 1. The molecule has 47 heavy (non-hydrogen) atoms. The number of nitrogens with zero attached hydrogens (tertiary/aromatic N) is 6. The van der Waals surface area contributed by atoms with E-state index in [4.69, 9.17) is 39.4 Å². The van der Waals surface area contributed by atoms with Gasteiger partial charge in [-0.1, -0.05) is 12.2 Å². The number of halogens is 2. The summed E-state index contributed by atoms with van der Waals surface area (Å²) < 4.78 is 80.7. The standard InChI is InChI=1S/C23H26F2N8O10P2S2/c1-2-26-18-14-20(29-6-27-18)33(8-31-14)22-13(25)16-11(41-22)5-39-45(37,47)43-17-15(34)10(4-38-44(36,46)42-16)40-23(17)32-3-9(24)12-19(32)28-7-30-21(12)35/h3,6-8,10-11,13,15-17,22-23,34H,2,4-5H2,1H3,(H,36,46)(H,37,47)(H,26,27,29)(H,28,30,35)/t10-,11-,13-,15-,16-,17-,22-,23-,44?,45?/m1/s1. The van der Waals surface area contributed by atoms with Gasteiger partial charge >= 0.3 is 13.5 Å². The van der Waals surface area contributed by atoms with Crippen molar-refractivity contribution in [1.82, 2.24) is 34.1 Å². The highest BCUT2D eigenvalue weighted by atomic mass is 32.7. The fourth-order valence-corrected chi connectivity index (χ4v) is 8.55. The number of anilines is 1. The Kier molecular flexibility index (Phi) is 8.76. The Labute approximate surface area is 272 Å². The van der Waals surface area contributed by atoms with E-state index in [2.05, 4.69) is 42.5 Å². The Morgan fingerprint density at radius 2 is 1.87 bits per heavy atom. The molecule has 0 aromatic carbocycles. The first-order valence-corrected chi connectivity index (χ1v) is 19.3. The van der Waals surface area contributed by atoms with E-state index in [0.717, 1.165) is 17.1 Å². The number of ether oxygens (including phenoxy) is 2. The van der Waals surface area contributed by atoms with Crippen molar-refractivity contribution in [3.05, 3.63) is 41.3 Å². The minimum absolute atomic E-state index is 0.174. The number of hydrogen-bond acceptors (Lipinski definition) is 15. The summed E-state index contributed by atoms with van der Waals surface area (Å²) in [6.45, 7) is -7.67. The van der Waals surface area contributed by atoms with Gasteiger partial charge in [0, 0.05) is 12.7 Å². The Bertz CT molecular complexity index is 1990. The predicted octanol–water partition coefficient (Wildman–Crippen LogP) is 1.70. The number of imidazole rings is 1. The van der Waals surface area contributed by atoms with E-state index in [-0.39, 0.29) is 11.3 Å². The Morgan fingerprint density at radius 1 is 1.11 bits per heavy atom. The first kappa shape index (κ1) is 33.1. The average molecular weight is 739 g/mol. The minimum atomic E-state index is -4.43. The zero-order valence-electron chi connectivity index (χ0n) is 23.9. The number of aliphatic hydroxyl groups is 1. The van der Waals surface area contributed by atoms with Gasteiger partial charge in [-0.05, 0) is 18.7 Å². The lowest BCUT2D eigenvalue weighted by Gasteiger charge is -2.27. The van der Waals surface area contributed by atoms with Crippen LogP contribution in [-0.4, -0.2) is 101 Å². The average Bonchev–Trinajstić information content (AvgIpc) is 3.75. The second-order valence-electron chi connectivity index (χ2n) is 10.6. The van der Waals surface area contributed by atoms with Crippen molar-refractivity contribution in [1.29, 1.82) is 0 Å². The molecule has 3 fully saturated rings. The number of fused-ring (bicyclic) bond motifs is 5. The molecule has 0 amide bonds. The van der Waals surface area contributed by atoms with Gasteiger partial charge in [-0.25, -0.2) is 33.3 Å². The molecule has 3 saturated heterocycles. The van der Waals surface area contributed by atoms with E-state index in [0.29, 0.717) is 17.9 Å². The predicted molar refractivity (Wildman–Crippen MR) is 163 cm³/mol. The zero-order chi connectivity index (χ0) is 33.2. The summed E-state index contributed by atoms with van der Waals surface area (Å²) >= 11 is 9.22. The maximum absolute atomic E-state index is 16.2. The molecular weight excluding hydrogens is 712 g/mol. The molecular formula is C23H26F2N8O10P2S2. The van der Waals surface area contributed by atoms with Gasteiger partial charge in [0.25, 0.3) is 5.56 Å².